The minimum atomic E-state index is -4.67. The molecular weight excluding hydrogens is 310 g/mol. The zero-order valence-electron chi connectivity index (χ0n) is 12.4. The summed E-state index contributed by atoms with van der Waals surface area (Å²) in [4.78, 5) is 11.9. The second-order valence-electron chi connectivity index (χ2n) is 5.18. The summed E-state index contributed by atoms with van der Waals surface area (Å²) in [5.41, 5.74) is 0.492. The Morgan fingerprint density at radius 1 is 1.09 bits per heavy atom. The molecule has 2 aromatic rings. The fourth-order valence-corrected chi connectivity index (χ4v) is 2.20. The highest BCUT2D eigenvalue weighted by Gasteiger charge is 2.33. The molecule has 0 aromatic heterocycles. The van der Waals surface area contributed by atoms with Gasteiger partial charge in [-0.2, -0.15) is 13.2 Å². The van der Waals surface area contributed by atoms with Crippen molar-refractivity contribution < 1.29 is 22.4 Å². The molecule has 2 aromatic carbocycles. The van der Waals surface area contributed by atoms with E-state index in [1.165, 1.54) is 0 Å². The van der Waals surface area contributed by atoms with Gasteiger partial charge >= 0.3 is 6.18 Å². The Bertz CT molecular complexity index is 710. The summed E-state index contributed by atoms with van der Waals surface area (Å²) < 4.78 is 51.6. The van der Waals surface area contributed by atoms with E-state index >= 15 is 0 Å². The van der Waals surface area contributed by atoms with E-state index in [1.807, 2.05) is 19.1 Å². The summed E-state index contributed by atoms with van der Waals surface area (Å²) in [6.07, 6.45) is -4.59. The lowest BCUT2D eigenvalue weighted by Crippen LogP contribution is -2.26. The maximum absolute atomic E-state index is 13.0. The first-order chi connectivity index (χ1) is 10.8. The van der Waals surface area contributed by atoms with Crippen LogP contribution in [0.15, 0.2) is 42.5 Å². The van der Waals surface area contributed by atoms with Gasteiger partial charge in [-0.05, 0) is 35.7 Å². The first kappa shape index (κ1) is 17.0. The van der Waals surface area contributed by atoms with E-state index in [0.29, 0.717) is 6.07 Å². The van der Waals surface area contributed by atoms with Crippen molar-refractivity contribution in [3.63, 3.8) is 0 Å². The van der Waals surface area contributed by atoms with Gasteiger partial charge in [0.05, 0.1) is 12.0 Å². The standard InChI is InChI=1S/C17H15F4NO/c1-11-4-2-3-5-12(11)8-16(23)22-10-13-6-7-14(18)9-15(13)17(19,20)21/h2-7,9H,8,10H2,1H3,(H,22,23). The SMILES string of the molecule is Cc1ccccc1CC(=O)NCc1ccc(F)cc1C(F)(F)F. The third-order valence-corrected chi connectivity index (χ3v) is 3.47. The van der Waals surface area contributed by atoms with Gasteiger partial charge in [-0.3, -0.25) is 4.79 Å². The fraction of sp³-hybridized carbons (Fsp3) is 0.235. The molecule has 122 valence electrons. The largest absolute Gasteiger partial charge is 0.416 e. The van der Waals surface area contributed by atoms with Crippen molar-refractivity contribution in [2.45, 2.75) is 26.1 Å². The minimum absolute atomic E-state index is 0.0786. The minimum Gasteiger partial charge on any atom is -0.352 e. The number of aryl methyl sites for hydroxylation is 1. The summed E-state index contributed by atoms with van der Waals surface area (Å²) in [7, 11) is 0. The first-order valence-electron chi connectivity index (χ1n) is 6.94. The Hall–Kier alpha value is -2.37. The van der Waals surface area contributed by atoms with E-state index < -0.39 is 23.5 Å². The average Bonchev–Trinajstić information content (AvgIpc) is 2.47. The van der Waals surface area contributed by atoms with Gasteiger partial charge in [-0.1, -0.05) is 30.3 Å². The highest BCUT2D eigenvalue weighted by atomic mass is 19.4. The smallest absolute Gasteiger partial charge is 0.352 e. The molecule has 2 nitrogen and oxygen atoms in total. The predicted octanol–water partition coefficient (Wildman–Crippen LogP) is 4.01. The quantitative estimate of drug-likeness (QED) is 0.846. The number of benzene rings is 2. The van der Waals surface area contributed by atoms with Crippen LogP contribution in [-0.2, 0) is 23.9 Å². The topological polar surface area (TPSA) is 29.1 Å². The number of halogens is 4. The number of hydrogen-bond donors (Lipinski definition) is 1. The fourth-order valence-electron chi connectivity index (χ4n) is 2.20. The van der Waals surface area contributed by atoms with Crippen molar-refractivity contribution in [2.75, 3.05) is 0 Å². The van der Waals surface area contributed by atoms with E-state index in [1.54, 1.807) is 12.1 Å². The molecule has 0 radical (unpaired) electrons. The van der Waals surface area contributed by atoms with Crippen molar-refractivity contribution in [1.29, 1.82) is 0 Å². The Kier molecular flexibility index (Phi) is 5.03. The Labute approximate surface area is 131 Å². The van der Waals surface area contributed by atoms with E-state index in [-0.39, 0.29) is 18.5 Å². The number of rotatable bonds is 4. The summed E-state index contributed by atoms with van der Waals surface area (Å²) >= 11 is 0. The number of carbonyl (C=O) groups excluding carboxylic acids is 1. The van der Waals surface area contributed by atoms with E-state index in [2.05, 4.69) is 5.32 Å². The van der Waals surface area contributed by atoms with Gasteiger partial charge in [-0.15, -0.1) is 0 Å². The van der Waals surface area contributed by atoms with Gasteiger partial charge in [-0.25, -0.2) is 4.39 Å². The predicted molar refractivity (Wildman–Crippen MR) is 78.1 cm³/mol. The zero-order valence-corrected chi connectivity index (χ0v) is 12.4. The molecule has 2 rings (SSSR count). The molecular formula is C17H15F4NO. The zero-order chi connectivity index (χ0) is 17.0. The number of hydrogen-bond acceptors (Lipinski definition) is 1. The lowest BCUT2D eigenvalue weighted by atomic mass is 10.0. The first-order valence-corrected chi connectivity index (χ1v) is 6.94. The average molecular weight is 325 g/mol. The monoisotopic (exact) mass is 325 g/mol. The number of amides is 1. The van der Waals surface area contributed by atoms with E-state index in [4.69, 9.17) is 0 Å². The van der Waals surface area contributed by atoms with Crippen molar-refractivity contribution in [2.24, 2.45) is 0 Å². The molecule has 6 heteroatoms. The van der Waals surface area contributed by atoms with Gasteiger partial charge < -0.3 is 5.32 Å². The molecule has 0 heterocycles. The number of carbonyl (C=O) groups is 1. The Morgan fingerprint density at radius 2 is 1.78 bits per heavy atom. The van der Waals surface area contributed by atoms with Crippen LogP contribution in [0.1, 0.15) is 22.3 Å². The van der Waals surface area contributed by atoms with Gasteiger partial charge in [0.25, 0.3) is 0 Å². The molecule has 0 unspecified atom stereocenters. The lowest BCUT2D eigenvalue weighted by Gasteiger charge is -2.14. The van der Waals surface area contributed by atoms with Crippen molar-refractivity contribution in [1.82, 2.24) is 5.32 Å². The summed E-state index contributed by atoms with van der Waals surface area (Å²) in [5.74, 6) is -1.36. The van der Waals surface area contributed by atoms with Crippen LogP contribution in [0.3, 0.4) is 0 Å². The normalized spacial score (nSPS) is 11.3. The third kappa shape index (κ3) is 4.55. The highest BCUT2D eigenvalue weighted by Crippen LogP contribution is 2.32. The summed E-state index contributed by atoms with van der Waals surface area (Å²) in [5, 5.41) is 2.45. The molecule has 1 N–H and O–H groups in total. The van der Waals surface area contributed by atoms with E-state index in [9.17, 15) is 22.4 Å². The van der Waals surface area contributed by atoms with Crippen LogP contribution >= 0.6 is 0 Å². The molecule has 0 aliphatic rings. The van der Waals surface area contributed by atoms with E-state index in [0.717, 1.165) is 23.3 Å². The van der Waals surface area contributed by atoms with Gasteiger partial charge in [0.2, 0.25) is 5.91 Å². The second-order valence-corrected chi connectivity index (χ2v) is 5.18. The molecule has 0 atom stereocenters. The van der Waals surface area contributed by atoms with Crippen molar-refractivity contribution in [3.05, 3.63) is 70.5 Å². The highest BCUT2D eigenvalue weighted by molar-refractivity contribution is 5.78. The van der Waals surface area contributed by atoms with Crippen molar-refractivity contribution >= 4 is 5.91 Å². The molecule has 23 heavy (non-hydrogen) atoms. The van der Waals surface area contributed by atoms with Crippen molar-refractivity contribution in [3.8, 4) is 0 Å². The van der Waals surface area contributed by atoms with Crippen LogP contribution < -0.4 is 5.32 Å². The summed E-state index contributed by atoms with van der Waals surface area (Å²) in [6.45, 7) is 1.55. The molecule has 1 amide bonds. The maximum Gasteiger partial charge on any atom is 0.416 e. The van der Waals surface area contributed by atoms with Crippen LogP contribution in [0.2, 0.25) is 0 Å². The van der Waals surface area contributed by atoms with Crippen LogP contribution in [0.4, 0.5) is 17.6 Å². The van der Waals surface area contributed by atoms with Gasteiger partial charge in [0.15, 0.2) is 0 Å². The Morgan fingerprint density at radius 3 is 2.43 bits per heavy atom. The molecule has 0 aliphatic carbocycles. The Balaban J connectivity index is 2.06. The van der Waals surface area contributed by atoms with Crippen LogP contribution in [0, 0.1) is 12.7 Å². The van der Waals surface area contributed by atoms with Gasteiger partial charge in [0, 0.05) is 6.54 Å². The lowest BCUT2D eigenvalue weighted by molar-refractivity contribution is -0.138. The maximum atomic E-state index is 13.0. The van der Waals surface area contributed by atoms with Crippen LogP contribution in [0.25, 0.3) is 0 Å². The molecule has 0 fully saturated rings. The summed E-state index contributed by atoms with van der Waals surface area (Å²) in [6, 6.07) is 9.67. The molecule has 0 bridgehead atoms. The number of nitrogens with one attached hydrogen (secondary N) is 1. The van der Waals surface area contributed by atoms with Crippen LogP contribution in [-0.4, -0.2) is 5.91 Å². The third-order valence-electron chi connectivity index (χ3n) is 3.47. The molecule has 0 spiro atoms. The molecule has 0 saturated carbocycles. The molecule has 0 aliphatic heterocycles. The number of alkyl halides is 3. The van der Waals surface area contributed by atoms with Gasteiger partial charge in [0.1, 0.15) is 5.82 Å². The van der Waals surface area contributed by atoms with Crippen LogP contribution in [0.5, 0.6) is 0 Å². The second kappa shape index (κ2) is 6.81. The molecule has 0 saturated heterocycles.